The molecular weight excluding hydrogens is 330 g/mol. The molecule has 1 aromatic rings. The monoisotopic (exact) mass is 365 g/mol. The van der Waals surface area contributed by atoms with E-state index in [1.54, 1.807) is 6.08 Å². The van der Waals surface area contributed by atoms with Crippen molar-refractivity contribution in [3.8, 4) is 6.07 Å². The highest BCUT2D eigenvalue weighted by Gasteiger charge is 2.25. The van der Waals surface area contributed by atoms with Gasteiger partial charge < -0.3 is 4.74 Å². The van der Waals surface area contributed by atoms with Crippen LogP contribution in [0.3, 0.4) is 0 Å². The second-order valence-corrected chi connectivity index (χ2v) is 8.57. The van der Waals surface area contributed by atoms with Crippen LogP contribution >= 0.6 is 0 Å². The van der Waals surface area contributed by atoms with Crippen LogP contribution in [0, 0.1) is 23.2 Å². The number of hydrogen-bond acceptors (Lipinski definition) is 2. The van der Waals surface area contributed by atoms with Crippen LogP contribution in [0.1, 0.15) is 81.8 Å². The lowest BCUT2D eigenvalue weighted by Gasteiger charge is -2.32. The van der Waals surface area contributed by atoms with Crippen LogP contribution in [0.4, 0.5) is 0 Å². The smallest absolute Gasteiger partial charge is 0.0908 e. The summed E-state index contributed by atoms with van der Waals surface area (Å²) in [6.45, 7) is 3.19. The van der Waals surface area contributed by atoms with Crippen molar-refractivity contribution in [3.63, 3.8) is 0 Å². The topological polar surface area (TPSA) is 33.0 Å². The molecule has 2 aliphatic rings. The van der Waals surface area contributed by atoms with Gasteiger partial charge >= 0.3 is 0 Å². The number of nitrogens with zero attached hydrogens (tertiary/aromatic N) is 1. The summed E-state index contributed by atoms with van der Waals surface area (Å²) in [6.07, 6.45) is 16.5. The molecule has 0 radical (unpaired) electrons. The van der Waals surface area contributed by atoms with Gasteiger partial charge in [0.05, 0.1) is 12.2 Å². The lowest BCUT2D eigenvalue weighted by atomic mass is 9.79. The first-order valence-electron chi connectivity index (χ1n) is 11.0. The normalized spacial score (nSPS) is 28.9. The van der Waals surface area contributed by atoms with E-state index in [4.69, 9.17) is 10.00 Å². The molecule has 0 atom stereocenters. The standard InChI is InChI=1S/C25H35NO/c1-2-4-20-6-12-23(13-7-20)24-14-8-22(9-15-24)19-27-25-16-10-21(11-17-25)5-3-18-26/h3,5-7,12-13,21-22,24-25H,2,4,8-11,14-17,19H2,1H3. The molecule has 0 spiro atoms. The minimum absolute atomic E-state index is 0.445. The molecule has 1 aromatic carbocycles. The molecule has 2 saturated carbocycles. The van der Waals surface area contributed by atoms with Crippen molar-refractivity contribution in [1.29, 1.82) is 5.26 Å². The minimum atomic E-state index is 0.445. The Morgan fingerprint density at radius 3 is 2.33 bits per heavy atom. The van der Waals surface area contributed by atoms with Crippen molar-refractivity contribution in [2.45, 2.75) is 83.2 Å². The van der Waals surface area contributed by atoms with Gasteiger partial charge in [0.1, 0.15) is 0 Å². The molecule has 0 aromatic heterocycles. The maximum atomic E-state index is 8.64. The molecule has 0 aliphatic heterocycles. The fraction of sp³-hybridized carbons (Fsp3) is 0.640. The fourth-order valence-electron chi connectivity index (χ4n) is 4.81. The van der Waals surface area contributed by atoms with E-state index in [9.17, 15) is 0 Å². The first-order valence-corrected chi connectivity index (χ1v) is 11.0. The van der Waals surface area contributed by atoms with Gasteiger partial charge in [-0.1, -0.05) is 43.7 Å². The Morgan fingerprint density at radius 2 is 1.70 bits per heavy atom. The second kappa shape index (κ2) is 10.7. The largest absolute Gasteiger partial charge is 0.378 e. The first kappa shape index (κ1) is 20.2. The van der Waals surface area contributed by atoms with Crippen molar-refractivity contribution in [2.24, 2.45) is 11.8 Å². The van der Waals surface area contributed by atoms with Crippen molar-refractivity contribution in [3.05, 3.63) is 47.5 Å². The van der Waals surface area contributed by atoms with Crippen LogP contribution in [-0.2, 0) is 11.2 Å². The average molecular weight is 366 g/mol. The van der Waals surface area contributed by atoms with Gasteiger partial charge in [0.2, 0.25) is 0 Å². The Bertz CT molecular complexity index is 611. The van der Waals surface area contributed by atoms with E-state index in [0.29, 0.717) is 12.0 Å². The zero-order valence-corrected chi connectivity index (χ0v) is 16.9. The molecule has 0 bridgehead atoms. The number of aryl methyl sites for hydroxylation is 1. The van der Waals surface area contributed by atoms with Crippen molar-refractivity contribution in [1.82, 2.24) is 0 Å². The van der Waals surface area contributed by atoms with Gasteiger partial charge in [-0.05, 0) is 86.7 Å². The highest BCUT2D eigenvalue weighted by molar-refractivity contribution is 5.25. The van der Waals surface area contributed by atoms with Crippen LogP contribution in [0.15, 0.2) is 36.4 Å². The third-order valence-corrected chi connectivity index (χ3v) is 6.57. The number of benzene rings is 1. The van der Waals surface area contributed by atoms with E-state index in [0.717, 1.165) is 31.3 Å². The molecule has 0 heterocycles. The van der Waals surface area contributed by atoms with Crippen molar-refractivity contribution >= 4 is 0 Å². The first-order chi connectivity index (χ1) is 13.3. The van der Waals surface area contributed by atoms with E-state index in [1.165, 1.54) is 62.5 Å². The van der Waals surface area contributed by atoms with Gasteiger partial charge in [0.25, 0.3) is 0 Å². The van der Waals surface area contributed by atoms with Gasteiger partial charge in [0, 0.05) is 12.7 Å². The number of allylic oxidation sites excluding steroid dienone is 2. The third kappa shape index (κ3) is 6.22. The summed E-state index contributed by atoms with van der Waals surface area (Å²) in [5.74, 6) is 2.08. The van der Waals surface area contributed by atoms with E-state index < -0.39 is 0 Å². The fourth-order valence-corrected chi connectivity index (χ4v) is 4.81. The van der Waals surface area contributed by atoms with Gasteiger partial charge in [-0.15, -0.1) is 0 Å². The van der Waals surface area contributed by atoms with Crippen molar-refractivity contribution in [2.75, 3.05) is 6.61 Å². The van der Waals surface area contributed by atoms with E-state index in [-0.39, 0.29) is 0 Å². The number of ether oxygens (including phenoxy) is 1. The highest BCUT2D eigenvalue weighted by Crippen LogP contribution is 2.36. The molecule has 27 heavy (non-hydrogen) atoms. The SMILES string of the molecule is CCCc1ccc(C2CCC(COC3CCC(C=CC#N)CC3)CC2)cc1. The van der Waals surface area contributed by atoms with Crippen LogP contribution in [0.5, 0.6) is 0 Å². The Labute approximate surface area is 165 Å². The van der Waals surface area contributed by atoms with E-state index in [2.05, 4.69) is 43.3 Å². The van der Waals surface area contributed by atoms with E-state index >= 15 is 0 Å². The number of nitriles is 1. The van der Waals surface area contributed by atoms with Crippen LogP contribution in [-0.4, -0.2) is 12.7 Å². The summed E-state index contributed by atoms with van der Waals surface area (Å²) in [7, 11) is 0. The Balaban J connectivity index is 1.35. The molecule has 0 saturated heterocycles. The maximum Gasteiger partial charge on any atom is 0.0908 e. The van der Waals surface area contributed by atoms with E-state index in [1.807, 2.05) is 0 Å². The summed E-state index contributed by atoms with van der Waals surface area (Å²) in [5, 5.41) is 8.64. The second-order valence-electron chi connectivity index (χ2n) is 8.57. The Kier molecular flexibility index (Phi) is 7.96. The summed E-state index contributed by atoms with van der Waals surface area (Å²) < 4.78 is 6.27. The predicted molar refractivity (Wildman–Crippen MR) is 112 cm³/mol. The predicted octanol–water partition coefficient (Wildman–Crippen LogP) is 6.57. The molecule has 0 unspecified atom stereocenters. The maximum absolute atomic E-state index is 8.64. The minimum Gasteiger partial charge on any atom is -0.378 e. The molecule has 0 N–H and O–H groups in total. The summed E-state index contributed by atoms with van der Waals surface area (Å²) in [4.78, 5) is 0. The molecule has 2 nitrogen and oxygen atoms in total. The van der Waals surface area contributed by atoms with Crippen LogP contribution in [0.2, 0.25) is 0 Å². The average Bonchev–Trinajstić information content (AvgIpc) is 2.73. The summed E-state index contributed by atoms with van der Waals surface area (Å²) in [6, 6.07) is 11.5. The van der Waals surface area contributed by atoms with Crippen LogP contribution < -0.4 is 0 Å². The number of rotatable bonds is 7. The molecular formula is C25H35NO. The van der Waals surface area contributed by atoms with Crippen molar-refractivity contribution < 1.29 is 4.74 Å². The zero-order valence-electron chi connectivity index (χ0n) is 16.9. The summed E-state index contributed by atoms with van der Waals surface area (Å²) in [5.41, 5.74) is 3.01. The lowest BCUT2D eigenvalue weighted by molar-refractivity contribution is -0.00456. The lowest BCUT2D eigenvalue weighted by Crippen LogP contribution is -2.25. The molecule has 2 fully saturated rings. The zero-order chi connectivity index (χ0) is 18.9. The molecule has 3 rings (SSSR count). The Morgan fingerprint density at radius 1 is 1.00 bits per heavy atom. The highest BCUT2D eigenvalue weighted by atomic mass is 16.5. The van der Waals surface area contributed by atoms with Gasteiger partial charge in [-0.2, -0.15) is 5.26 Å². The molecule has 2 heteroatoms. The van der Waals surface area contributed by atoms with Gasteiger partial charge in [-0.3, -0.25) is 0 Å². The quantitative estimate of drug-likeness (QED) is 0.512. The molecule has 2 aliphatic carbocycles. The van der Waals surface area contributed by atoms with Crippen LogP contribution in [0.25, 0.3) is 0 Å². The van der Waals surface area contributed by atoms with Gasteiger partial charge in [-0.25, -0.2) is 0 Å². The van der Waals surface area contributed by atoms with Gasteiger partial charge in [0.15, 0.2) is 0 Å². The molecule has 0 amide bonds. The summed E-state index contributed by atoms with van der Waals surface area (Å²) >= 11 is 0. The number of hydrogen-bond donors (Lipinski definition) is 0. The Hall–Kier alpha value is -1.59. The third-order valence-electron chi connectivity index (χ3n) is 6.57. The molecule has 146 valence electrons.